The van der Waals surface area contributed by atoms with Gasteiger partial charge in [-0.2, -0.15) is 5.10 Å². The molecule has 1 aliphatic rings. The number of aryl methyl sites for hydroxylation is 1. The minimum absolute atomic E-state index is 0.00867. The van der Waals surface area contributed by atoms with Gasteiger partial charge in [-0.1, -0.05) is 0 Å². The minimum Gasteiger partial charge on any atom is -0.332 e. The van der Waals surface area contributed by atoms with Gasteiger partial charge >= 0.3 is 0 Å². The molecule has 2 amide bonds. The second-order valence-corrected chi connectivity index (χ2v) is 7.03. The van der Waals surface area contributed by atoms with Crippen molar-refractivity contribution in [2.75, 3.05) is 20.1 Å². The van der Waals surface area contributed by atoms with Gasteiger partial charge in [-0.15, -0.1) is 0 Å². The third kappa shape index (κ3) is 3.39. The van der Waals surface area contributed by atoms with E-state index in [0.717, 1.165) is 5.56 Å². The van der Waals surface area contributed by atoms with Crippen LogP contribution in [0.4, 0.5) is 0 Å². The Bertz CT molecular complexity index is 593. The molecule has 1 saturated heterocycles. The van der Waals surface area contributed by atoms with Crippen molar-refractivity contribution in [2.24, 2.45) is 7.05 Å². The molecular formula is C16H27N5O2. The van der Waals surface area contributed by atoms with Crippen LogP contribution in [0.1, 0.15) is 39.3 Å². The lowest BCUT2D eigenvalue weighted by molar-refractivity contribution is -0.156. The summed E-state index contributed by atoms with van der Waals surface area (Å²) in [6.45, 7) is 8.66. The fraction of sp³-hybridized carbons (Fsp3) is 0.688. The van der Waals surface area contributed by atoms with Gasteiger partial charge < -0.3 is 15.1 Å². The molecule has 0 bridgehead atoms. The van der Waals surface area contributed by atoms with Crippen molar-refractivity contribution in [2.45, 2.75) is 45.3 Å². The summed E-state index contributed by atoms with van der Waals surface area (Å²) in [5.41, 5.74) is 0.420. The fourth-order valence-corrected chi connectivity index (χ4v) is 3.52. The van der Waals surface area contributed by atoms with Gasteiger partial charge in [0.05, 0.1) is 18.3 Å². The first kappa shape index (κ1) is 17.5. The second-order valence-electron chi connectivity index (χ2n) is 7.03. The number of amides is 2. The smallest absolute Gasteiger partial charge is 0.244 e. The number of hydrogen-bond acceptors (Lipinski definition) is 4. The summed E-state index contributed by atoms with van der Waals surface area (Å²) in [5.74, 6) is -0.101. The van der Waals surface area contributed by atoms with E-state index in [0.29, 0.717) is 6.54 Å². The standard InChI is InChI=1S/C16H27N5O2/c1-11(2)21-13(22)9-20(10-16(21,3)4)15(23)14(17-5)12-7-18-19(6)8-12/h7-8,11,14,17H,9-10H2,1-6H3. The van der Waals surface area contributed by atoms with Crippen molar-refractivity contribution >= 4 is 11.8 Å². The lowest BCUT2D eigenvalue weighted by atomic mass is 9.95. The van der Waals surface area contributed by atoms with Crippen LogP contribution in [0.15, 0.2) is 12.4 Å². The predicted molar refractivity (Wildman–Crippen MR) is 87.6 cm³/mol. The van der Waals surface area contributed by atoms with Gasteiger partial charge in [0.25, 0.3) is 0 Å². The van der Waals surface area contributed by atoms with E-state index in [2.05, 4.69) is 10.4 Å². The van der Waals surface area contributed by atoms with Crippen LogP contribution >= 0.6 is 0 Å². The van der Waals surface area contributed by atoms with E-state index in [4.69, 9.17) is 0 Å². The summed E-state index contributed by atoms with van der Waals surface area (Å²) in [4.78, 5) is 28.9. The number of nitrogens with one attached hydrogen (secondary N) is 1. The summed E-state index contributed by atoms with van der Waals surface area (Å²) in [6, 6.07) is -0.369. The molecule has 2 heterocycles. The van der Waals surface area contributed by atoms with E-state index in [-0.39, 0.29) is 29.9 Å². The Labute approximate surface area is 137 Å². The van der Waals surface area contributed by atoms with E-state index >= 15 is 0 Å². The number of carbonyl (C=O) groups is 2. The van der Waals surface area contributed by atoms with Gasteiger partial charge in [0.15, 0.2) is 0 Å². The summed E-state index contributed by atoms with van der Waals surface area (Å²) < 4.78 is 1.67. The van der Waals surface area contributed by atoms with Gasteiger partial charge in [-0.05, 0) is 34.7 Å². The Morgan fingerprint density at radius 3 is 2.48 bits per heavy atom. The van der Waals surface area contributed by atoms with Gasteiger partial charge in [-0.25, -0.2) is 0 Å². The first-order valence-corrected chi connectivity index (χ1v) is 7.94. The van der Waals surface area contributed by atoms with E-state index in [1.165, 1.54) is 0 Å². The van der Waals surface area contributed by atoms with Crippen molar-refractivity contribution in [1.82, 2.24) is 24.9 Å². The van der Waals surface area contributed by atoms with Crippen molar-refractivity contribution in [3.05, 3.63) is 18.0 Å². The highest BCUT2D eigenvalue weighted by molar-refractivity contribution is 5.90. The zero-order chi connectivity index (χ0) is 17.4. The van der Waals surface area contributed by atoms with Crippen LogP contribution in [0.5, 0.6) is 0 Å². The highest BCUT2D eigenvalue weighted by Gasteiger charge is 2.42. The van der Waals surface area contributed by atoms with E-state index in [1.807, 2.05) is 45.8 Å². The maximum Gasteiger partial charge on any atom is 0.244 e. The van der Waals surface area contributed by atoms with E-state index in [1.54, 1.807) is 22.8 Å². The third-order valence-electron chi connectivity index (χ3n) is 4.25. The van der Waals surface area contributed by atoms with Crippen molar-refractivity contribution in [1.29, 1.82) is 0 Å². The largest absolute Gasteiger partial charge is 0.332 e. The monoisotopic (exact) mass is 321 g/mol. The Balaban J connectivity index is 2.21. The molecule has 0 aromatic carbocycles. The molecule has 1 aromatic heterocycles. The fourth-order valence-electron chi connectivity index (χ4n) is 3.52. The quantitative estimate of drug-likeness (QED) is 0.879. The Hall–Kier alpha value is -1.89. The molecule has 1 fully saturated rings. The van der Waals surface area contributed by atoms with Crippen LogP contribution in [0.3, 0.4) is 0 Å². The predicted octanol–water partition coefficient (Wildman–Crippen LogP) is 0.538. The van der Waals surface area contributed by atoms with E-state index < -0.39 is 6.04 Å². The van der Waals surface area contributed by atoms with Crippen molar-refractivity contribution in [3.8, 4) is 0 Å². The topological polar surface area (TPSA) is 70.5 Å². The van der Waals surface area contributed by atoms with Crippen LogP contribution in [0.2, 0.25) is 0 Å². The maximum atomic E-state index is 12.9. The van der Waals surface area contributed by atoms with E-state index in [9.17, 15) is 9.59 Å². The number of rotatable bonds is 4. The second kappa shape index (κ2) is 6.31. The Morgan fingerprint density at radius 2 is 2.04 bits per heavy atom. The van der Waals surface area contributed by atoms with Crippen LogP contribution in [0.25, 0.3) is 0 Å². The molecule has 0 spiro atoms. The Kier molecular flexibility index (Phi) is 4.79. The molecule has 0 aliphatic carbocycles. The number of aromatic nitrogens is 2. The molecule has 1 aliphatic heterocycles. The molecule has 1 unspecified atom stereocenters. The third-order valence-corrected chi connectivity index (χ3v) is 4.25. The molecule has 0 saturated carbocycles. The molecule has 23 heavy (non-hydrogen) atoms. The highest BCUT2D eigenvalue weighted by Crippen LogP contribution is 2.26. The zero-order valence-electron chi connectivity index (χ0n) is 14.8. The Morgan fingerprint density at radius 1 is 1.39 bits per heavy atom. The number of carbonyl (C=O) groups excluding carboxylic acids is 2. The van der Waals surface area contributed by atoms with Crippen LogP contribution in [-0.4, -0.2) is 63.1 Å². The molecule has 7 nitrogen and oxygen atoms in total. The van der Waals surface area contributed by atoms with Gasteiger partial charge in [-0.3, -0.25) is 14.3 Å². The van der Waals surface area contributed by atoms with Gasteiger partial charge in [0.2, 0.25) is 11.8 Å². The lowest BCUT2D eigenvalue weighted by Crippen LogP contribution is -2.65. The first-order chi connectivity index (χ1) is 10.7. The molecular weight excluding hydrogens is 294 g/mol. The zero-order valence-corrected chi connectivity index (χ0v) is 14.8. The summed E-state index contributed by atoms with van der Waals surface area (Å²) in [5, 5.41) is 7.16. The number of piperazine rings is 1. The van der Waals surface area contributed by atoms with Crippen LogP contribution in [0, 0.1) is 0 Å². The summed E-state index contributed by atoms with van der Waals surface area (Å²) in [6.07, 6.45) is 3.49. The van der Waals surface area contributed by atoms with Crippen molar-refractivity contribution < 1.29 is 9.59 Å². The minimum atomic E-state index is -0.488. The highest BCUT2D eigenvalue weighted by atomic mass is 16.2. The maximum absolute atomic E-state index is 12.9. The van der Waals surface area contributed by atoms with Gasteiger partial charge in [0, 0.05) is 31.4 Å². The number of likely N-dealkylation sites (N-methyl/N-ethyl adjacent to an activating group) is 1. The molecule has 1 N–H and O–H groups in total. The molecule has 0 radical (unpaired) electrons. The number of nitrogens with zero attached hydrogens (tertiary/aromatic N) is 4. The first-order valence-electron chi connectivity index (χ1n) is 7.94. The average Bonchev–Trinajstić information content (AvgIpc) is 2.83. The summed E-state index contributed by atoms with van der Waals surface area (Å²) >= 11 is 0. The number of hydrogen-bond donors (Lipinski definition) is 1. The molecule has 128 valence electrons. The van der Waals surface area contributed by atoms with Crippen molar-refractivity contribution in [3.63, 3.8) is 0 Å². The van der Waals surface area contributed by atoms with Gasteiger partial charge in [0.1, 0.15) is 6.04 Å². The molecule has 2 rings (SSSR count). The summed E-state index contributed by atoms with van der Waals surface area (Å²) in [7, 11) is 3.56. The van der Waals surface area contributed by atoms with Crippen LogP contribution in [-0.2, 0) is 16.6 Å². The normalized spacial score (nSPS) is 19.3. The molecule has 1 atom stereocenters. The SMILES string of the molecule is CNC(C(=O)N1CC(=O)N(C(C)C)C(C)(C)C1)c1cnn(C)c1. The molecule has 7 heteroatoms. The average molecular weight is 321 g/mol. The molecule has 1 aromatic rings. The lowest BCUT2D eigenvalue weighted by Gasteiger charge is -2.49. The van der Waals surface area contributed by atoms with Crippen LogP contribution < -0.4 is 5.32 Å².